The molecule has 0 heterocycles. The van der Waals surface area contributed by atoms with Crippen molar-refractivity contribution < 1.29 is 9.59 Å². The molecule has 6 heteroatoms. The summed E-state index contributed by atoms with van der Waals surface area (Å²) in [5.41, 5.74) is 11.0. The Hall–Kier alpha value is -3.48. The number of rotatable bonds is 11. The largest absolute Gasteiger partial charge is 0.348 e. The lowest BCUT2D eigenvalue weighted by atomic mass is 9.92. The van der Waals surface area contributed by atoms with Gasteiger partial charge in [0.1, 0.15) is 0 Å². The van der Waals surface area contributed by atoms with E-state index in [1.54, 1.807) is 6.07 Å². The molecule has 0 saturated carbocycles. The number of benzene rings is 3. The Morgan fingerprint density at radius 2 is 1.57 bits per heavy atom. The van der Waals surface area contributed by atoms with Crippen molar-refractivity contribution >= 4 is 17.5 Å². The molecule has 3 rings (SSSR count). The van der Waals surface area contributed by atoms with Crippen LogP contribution in [-0.4, -0.2) is 30.3 Å². The molecule has 0 aliphatic rings. The summed E-state index contributed by atoms with van der Waals surface area (Å²) in [4.78, 5) is 28.0. The Morgan fingerprint density at radius 3 is 2.22 bits per heavy atom. The third-order valence-electron chi connectivity index (χ3n) is 6.11. The fourth-order valence-corrected chi connectivity index (χ4v) is 4.06. The fraction of sp³-hybridized carbons (Fsp3) is 0.355. The highest BCUT2D eigenvalue weighted by Crippen LogP contribution is 2.23. The predicted octanol–water partition coefficient (Wildman–Crippen LogP) is 5.12. The van der Waals surface area contributed by atoms with Crippen molar-refractivity contribution in [1.82, 2.24) is 10.2 Å². The number of carbonyl (C=O) groups excluding carboxylic acids is 2. The molecule has 4 N–H and O–H groups in total. The third kappa shape index (κ3) is 9.48. The number of amides is 2. The van der Waals surface area contributed by atoms with Crippen LogP contribution in [0.5, 0.6) is 0 Å². The van der Waals surface area contributed by atoms with Gasteiger partial charge in [0.15, 0.2) is 0 Å². The average Bonchev–Trinajstić information content (AvgIpc) is 2.87. The van der Waals surface area contributed by atoms with Crippen LogP contribution >= 0.6 is 0 Å². The molecule has 0 fully saturated rings. The van der Waals surface area contributed by atoms with E-state index in [9.17, 15) is 9.59 Å². The molecule has 3 aromatic rings. The first-order valence-corrected chi connectivity index (χ1v) is 12.8. The van der Waals surface area contributed by atoms with Crippen molar-refractivity contribution in [3.8, 4) is 0 Å². The second-order valence-electron chi connectivity index (χ2n) is 10.8. The monoisotopic (exact) mass is 500 g/mol. The summed E-state index contributed by atoms with van der Waals surface area (Å²) in [5, 5.41) is 6.05. The van der Waals surface area contributed by atoms with Crippen molar-refractivity contribution in [3.05, 3.63) is 101 Å². The van der Waals surface area contributed by atoms with Crippen LogP contribution in [0.15, 0.2) is 72.8 Å². The van der Waals surface area contributed by atoms with E-state index in [4.69, 9.17) is 5.73 Å². The maximum Gasteiger partial charge on any atom is 0.251 e. The minimum Gasteiger partial charge on any atom is -0.348 e. The fourth-order valence-electron chi connectivity index (χ4n) is 4.06. The van der Waals surface area contributed by atoms with Gasteiger partial charge in [0, 0.05) is 43.9 Å². The van der Waals surface area contributed by atoms with Crippen LogP contribution in [0.4, 0.5) is 5.69 Å². The van der Waals surface area contributed by atoms with Gasteiger partial charge in [0.05, 0.1) is 0 Å². The molecule has 0 aliphatic carbocycles. The Morgan fingerprint density at radius 1 is 0.892 bits per heavy atom. The Kier molecular flexibility index (Phi) is 10.0. The zero-order valence-electron chi connectivity index (χ0n) is 22.5. The summed E-state index contributed by atoms with van der Waals surface area (Å²) in [7, 11) is 2.07. The van der Waals surface area contributed by atoms with Crippen LogP contribution in [0.2, 0.25) is 0 Å². The van der Waals surface area contributed by atoms with Crippen LogP contribution in [0, 0.1) is 5.41 Å². The topological polar surface area (TPSA) is 87.5 Å². The first kappa shape index (κ1) is 28.1. The molecule has 3 aromatic carbocycles. The molecule has 196 valence electrons. The Labute approximate surface area is 221 Å². The van der Waals surface area contributed by atoms with Crippen LogP contribution in [0.3, 0.4) is 0 Å². The smallest absolute Gasteiger partial charge is 0.251 e. The summed E-state index contributed by atoms with van der Waals surface area (Å²) >= 11 is 0. The second-order valence-corrected chi connectivity index (χ2v) is 10.8. The summed E-state index contributed by atoms with van der Waals surface area (Å²) in [5.74, 6) is -0.239. The van der Waals surface area contributed by atoms with Gasteiger partial charge in [-0.15, -0.1) is 0 Å². The lowest BCUT2D eigenvalue weighted by molar-refractivity contribution is -0.117. The average molecular weight is 501 g/mol. The van der Waals surface area contributed by atoms with Crippen molar-refractivity contribution in [2.75, 3.05) is 18.9 Å². The quantitative estimate of drug-likeness (QED) is 0.341. The number of nitrogens with zero attached hydrogens (tertiary/aromatic N) is 1. The number of hydrogen-bond acceptors (Lipinski definition) is 4. The van der Waals surface area contributed by atoms with Gasteiger partial charge in [0.2, 0.25) is 5.91 Å². The van der Waals surface area contributed by atoms with Gasteiger partial charge < -0.3 is 21.3 Å². The highest BCUT2D eigenvalue weighted by Gasteiger charge is 2.18. The van der Waals surface area contributed by atoms with Gasteiger partial charge in [0.25, 0.3) is 5.91 Å². The number of anilines is 1. The normalized spacial score (nSPS) is 11.4. The molecule has 0 saturated heterocycles. The molecule has 37 heavy (non-hydrogen) atoms. The van der Waals surface area contributed by atoms with Crippen LogP contribution in [-0.2, 0) is 30.8 Å². The summed E-state index contributed by atoms with van der Waals surface area (Å²) < 4.78 is 0. The maximum absolute atomic E-state index is 12.9. The van der Waals surface area contributed by atoms with Gasteiger partial charge in [-0.25, -0.2) is 0 Å². The lowest BCUT2D eigenvalue weighted by Gasteiger charge is -2.22. The molecule has 0 atom stereocenters. The van der Waals surface area contributed by atoms with Crippen LogP contribution < -0.4 is 16.4 Å². The lowest BCUT2D eigenvalue weighted by Crippen LogP contribution is -2.25. The minimum atomic E-state index is -0.182. The second kappa shape index (κ2) is 13.2. The summed E-state index contributed by atoms with van der Waals surface area (Å²) in [6, 6.07) is 23.8. The van der Waals surface area contributed by atoms with Gasteiger partial charge in [-0.3, -0.25) is 9.59 Å². The molecule has 0 aromatic heterocycles. The van der Waals surface area contributed by atoms with E-state index in [0.29, 0.717) is 37.3 Å². The number of nitrogens with one attached hydrogen (secondary N) is 2. The van der Waals surface area contributed by atoms with Crippen molar-refractivity contribution in [2.45, 2.75) is 53.2 Å². The number of likely N-dealkylation sites (N-methyl/N-ethyl adjacent to an activating group) is 1. The van der Waals surface area contributed by atoms with Gasteiger partial charge >= 0.3 is 0 Å². The zero-order valence-corrected chi connectivity index (χ0v) is 22.5. The van der Waals surface area contributed by atoms with E-state index in [1.165, 1.54) is 5.56 Å². The molecule has 2 amide bonds. The molecule has 0 aliphatic heterocycles. The van der Waals surface area contributed by atoms with Crippen molar-refractivity contribution in [1.29, 1.82) is 0 Å². The highest BCUT2D eigenvalue weighted by atomic mass is 16.2. The molecule has 0 spiro atoms. The molecule has 6 nitrogen and oxygen atoms in total. The SMILES string of the molecule is CN(CCc1ccccc1)Cc1ccc(C(=O)NCc2ccc(CN)cc2)cc1NC(=O)CC(C)(C)C. The van der Waals surface area contributed by atoms with Crippen LogP contribution in [0.1, 0.15) is 59.8 Å². The van der Waals surface area contributed by atoms with E-state index in [0.717, 1.165) is 29.7 Å². The van der Waals surface area contributed by atoms with E-state index in [1.807, 2.05) is 63.2 Å². The van der Waals surface area contributed by atoms with E-state index in [2.05, 4.69) is 46.8 Å². The molecule has 0 unspecified atom stereocenters. The zero-order chi connectivity index (χ0) is 26.8. The van der Waals surface area contributed by atoms with Crippen molar-refractivity contribution in [3.63, 3.8) is 0 Å². The first-order valence-electron chi connectivity index (χ1n) is 12.8. The minimum absolute atomic E-state index is 0.0572. The predicted molar refractivity (Wildman–Crippen MR) is 151 cm³/mol. The summed E-state index contributed by atoms with van der Waals surface area (Å²) in [6.45, 7) is 8.56. The maximum atomic E-state index is 12.9. The number of nitrogens with two attached hydrogens (primary N) is 1. The van der Waals surface area contributed by atoms with Crippen LogP contribution in [0.25, 0.3) is 0 Å². The van der Waals surface area contributed by atoms with Gasteiger partial charge in [-0.05, 0) is 53.3 Å². The van der Waals surface area contributed by atoms with Gasteiger partial charge in [-0.2, -0.15) is 0 Å². The van der Waals surface area contributed by atoms with E-state index >= 15 is 0 Å². The third-order valence-corrected chi connectivity index (χ3v) is 6.11. The molecular weight excluding hydrogens is 460 g/mol. The van der Waals surface area contributed by atoms with Crippen molar-refractivity contribution in [2.24, 2.45) is 11.1 Å². The summed E-state index contributed by atoms with van der Waals surface area (Å²) in [6.07, 6.45) is 1.33. The first-order chi connectivity index (χ1) is 17.6. The standard InChI is InChI=1S/C31H40N4O2/c1-31(2,3)19-29(36)34-28-18-26(30(37)33-21-25-12-10-24(20-32)11-13-25)14-15-27(28)22-35(4)17-16-23-8-6-5-7-9-23/h5-15,18H,16-17,19-22,32H2,1-4H3,(H,33,37)(H,34,36). The van der Waals surface area contributed by atoms with Gasteiger partial charge in [-0.1, -0.05) is 81.4 Å². The highest BCUT2D eigenvalue weighted by molar-refractivity contribution is 5.97. The van der Waals surface area contributed by atoms with E-state index in [-0.39, 0.29) is 17.2 Å². The Bertz CT molecular complexity index is 1170. The molecule has 0 bridgehead atoms. The molecular formula is C31H40N4O2. The molecule has 0 radical (unpaired) electrons. The Balaban J connectivity index is 1.71. The number of hydrogen-bond donors (Lipinski definition) is 3. The number of carbonyl (C=O) groups is 2. The van der Waals surface area contributed by atoms with E-state index < -0.39 is 0 Å².